The Morgan fingerprint density at radius 1 is 0.508 bits per heavy atom. The Morgan fingerprint density at radius 2 is 0.951 bits per heavy atom. The molecular formula is C51H80O10. The molecule has 10 heteroatoms. The molecule has 0 aliphatic carbocycles. The van der Waals surface area contributed by atoms with Crippen molar-refractivity contribution in [1.29, 1.82) is 0 Å². The molecule has 10 nitrogen and oxygen atoms in total. The first kappa shape index (κ1) is 55.4. The number of aliphatic hydroxyl groups is 4. The maximum atomic E-state index is 12.8. The van der Waals surface area contributed by atoms with Gasteiger partial charge in [0.15, 0.2) is 12.4 Å². The van der Waals surface area contributed by atoms with Gasteiger partial charge in [-0.05, 0) is 83.5 Å². The van der Waals surface area contributed by atoms with Gasteiger partial charge in [-0.2, -0.15) is 0 Å². The first-order valence-corrected chi connectivity index (χ1v) is 23.0. The third kappa shape index (κ3) is 31.8. The molecule has 1 aliphatic rings. The summed E-state index contributed by atoms with van der Waals surface area (Å²) in [5, 5.41) is 40.1. The van der Waals surface area contributed by atoms with Crippen molar-refractivity contribution in [3.63, 3.8) is 0 Å². The lowest BCUT2D eigenvalue weighted by atomic mass is 9.99. The van der Waals surface area contributed by atoms with Crippen molar-refractivity contribution < 1.29 is 49.0 Å². The molecule has 0 saturated carbocycles. The summed E-state index contributed by atoms with van der Waals surface area (Å²) in [6.07, 6.45) is 48.2. The molecule has 4 N–H and O–H groups in total. The fourth-order valence-corrected chi connectivity index (χ4v) is 6.11. The van der Waals surface area contributed by atoms with E-state index in [1.54, 1.807) is 0 Å². The second-order valence-corrected chi connectivity index (χ2v) is 15.1. The number of carbonyl (C=O) groups is 2. The summed E-state index contributed by atoms with van der Waals surface area (Å²) in [6, 6.07) is 0. The summed E-state index contributed by atoms with van der Waals surface area (Å²) < 4.78 is 22.1. The van der Waals surface area contributed by atoms with Gasteiger partial charge < -0.3 is 39.4 Å². The van der Waals surface area contributed by atoms with Gasteiger partial charge in [-0.15, -0.1) is 0 Å². The van der Waals surface area contributed by atoms with Gasteiger partial charge in [-0.1, -0.05) is 155 Å². The van der Waals surface area contributed by atoms with E-state index in [2.05, 4.69) is 111 Å². The fraction of sp³-hybridized carbons (Fsp3) is 0.608. The minimum absolute atomic E-state index is 0.0956. The largest absolute Gasteiger partial charge is 0.462 e. The lowest BCUT2D eigenvalue weighted by molar-refractivity contribution is -0.305. The number of unbranched alkanes of at least 4 members (excludes halogenated alkanes) is 7. The Balaban J connectivity index is 2.40. The number of carbonyl (C=O) groups excluding carboxylic acids is 2. The number of allylic oxidation sites excluding steroid dienone is 18. The molecule has 6 unspecified atom stereocenters. The Hall–Kier alpha value is -3.64. The summed E-state index contributed by atoms with van der Waals surface area (Å²) in [4.78, 5) is 25.3. The van der Waals surface area contributed by atoms with Gasteiger partial charge in [0.05, 0.1) is 13.2 Å². The Bertz CT molecular complexity index is 1350. The van der Waals surface area contributed by atoms with E-state index in [4.69, 9.17) is 18.9 Å². The molecule has 1 heterocycles. The minimum Gasteiger partial charge on any atom is -0.462 e. The maximum Gasteiger partial charge on any atom is 0.306 e. The van der Waals surface area contributed by atoms with Crippen LogP contribution in [0.5, 0.6) is 0 Å². The van der Waals surface area contributed by atoms with Crippen LogP contribution in [0.2, 0.25) is 0 Å². The van der Waals surface area contributed by atoms with Gasteiger partial charge in [0.2, 0.25) is 0 Å². The molecule has 0 aromatic heterocycles. The molecule has 1 rings (SSSR count). The molecule has 61 heavy (non-hydrogen) atoms. The first-order valence-electron chi connectivity index (χ1n) is 23.0. The van der Waals surface area contributed by atoms with E-state index in [1.807, 2.05) is 12.2 Å². The standard InChI is InChI=1S/C51H80O10/c1-3-5-7-9-11-13-15-17-19-21-22-24-26-28-30-32-34-36-38-40-47(54)60-44(43-59-51-50(57)49(56)48(55)45(41-52)61-51)42-58-46(53)39-37-35-33-31-29-27-25-23-20-18-16-14-12-10-8-6-4-2/h5-8,11-14,17-20,22,24,28,30,34,36,44-45,48-52,55-57H,3-4,9-10,15-16,21,23,25-27,29,31-33,35,37-43H2,1-2H3/b7-5-,8-6-,13-11-,14-12-,19-17-,20-18-,24-22-,30-28-,36-34-. The van der Waals surface area contributed by atoms with E-state index in [1.165, 1.54) is 19.3 Å². The molecule has 0 spiro atoms. The first-order chi connectivity index (χ1) is 29.8. The van der Waals surface area contributed by atoms with Crippen LogP contribution in [-0.4, -0.2) is 89.0 Å². The van der Waals surface area contributed by atoms with E-state index < -0.39 is 55.4 Å². The second-order valence-electron chi connectivity index (χ2n) is 15.1. The summed E-state index contributed by atoms with van der Waals surface area (Å²) in [6.45, 7) is 3.09. The summed E-state index contributed by atoms with van der Waals surface area (Å²) in [5.41, 5.74) is 0. The average Bonchev–Trinajstić information content (AvgIpc) is 3.26. The van der Waals surface area contributed by atoms with Crippen LogP contribution in [0.4, 0.5) is 0 Å². The number of hydrogen-bond acceptors (Lipinski definition) is 10. The molecule has 344 valence electrons. The van der Waals surface area contributed by atoms with Gasteiger partial charge in [-0.3, -0.25) is 9.59 Å². The van der Waals surface area contributed by atoms with Crippen molar-refractivity contribution in [2.75, 3.05) is 19.8 Å². The third-order valence-electron chi connectivity index (χ3n) is 9.67. The lowest BCUT2D eigenvalue weighted by Crippen LogP contribution is -2.59. The highest BCUT2D eigenvalue weighted by Crippen LogP contribution is 2.22. The molecular weight excluding hydrogens is 773 g/mol. The van der Waals surface area contributed by atoms with Gasteiger partial charge in [0.1, 0.15) is 31.0 Å². The van der Waals surface area contributed by atoms with Crippen molar-refractivity contribution >= 4 is 11.9 Å². The Morgan fingerprint density at radius 3 is 1.44 bits per heavy atom. The zero-order valence-corrected chi connectivity index (χ0v) is 37.4. The number of aliphatic hydroxyl groups excluding tert-OH is 4. The van der Waals surface area contributed by atoms with Crippen LogP contribution in [-0.2, 0) is 28.5 Å². The van der Waals surface area contributed by atoms with E-state index in [0.29, 0.717) is 12.8 Å². The summed E-state index contributed by atoms with van der Waals surface area (Å²) in [5.74, 6) is -0.928. The van der Waals surface area contributed by atoms with Gasteiger partial charge >= 0.3 is 11.9 Å². The molecule has 1 fully saturated rings. The van der Waals surface area contributed by atoms with Crippen molar-refractivity contribution in [3.05, 3.63) is 109 Å². The maximum absolute atomic E-state index is 12.8. The lowest BCUT2D eigenvalue weighted by Gasteiger charge is -2.39. The van der Waals surface area contributed by atoms with E-state index >= 15 is 0 Å². The molecule has 0 aromatic rings. The van der Waals surface area contributed by atoms with Gasteiger partial charge in [-0.25, -0.2) is 0 Å². The topological polar surface area (TPSA) is 152 Å². The quantitative estimate of drug-likeness (QED) is 0.0272. The molecule has 6 atom stereocenters. The van der Waals surface area contributed by atoms with Crippen LogP contribution >= 0.6 is 0 Å². The number of hydrogen-bond donors (Lipinski definition) is 4. The molecule has 0 bridgehead atoms. The predicted octanol–water partition coefficient (Wildman–Crippen LogP) is 10.1. The van der Waals surface area contributed by atoms with E-state index in [9.17, 15) is 30.0 Å². The van der Waals surface area contributed by atoms with Crippen molar-refractivity contribution in [2.45, 2.75) is 179 Å². The third-order valence-corrected chi connectivity index (χ3v) is 9.67. The minimum atomic E-state index is -1.62. The molecule has 0 radical (unpaired) electrons. The zero-order valence-electron chi connectivity index (χ0n) is 37.4. The Kier molecular flexibility index (Phi) is 36.7. The van der Waals surface area contributed by atoms with Gasteiger partial charge in [0.25, 0.3) is 0 Å². The monoisotopic (exact) mass is 853 g/mol. The molecule has 0 amide bonds. The van der Waals surface area contributed by atoms with Crippen LogP contribution in [0.3, 0.4) is 0 Å². The average molecular weight is 853 g/mol. The second kappa shape index (κ2) is 40.4. The molecule has 1 aliphatic heterocycles. The van der Waals surface area contributed by atoms with Gasteiger partial charge in [0, 0.05) is 12.8 Å². The highest BCUT2D eigenvalue weighted by atomic mass is 16.7. The van der Waals surface area contributed by atoms with Crippen molar-refractivity contribution in [1.82, 2.24) is 0 Å². The Labute approximate surface area is 368 Å². The van der Waals surface area contributed by atoms with Crippen LogP contribution in [0, 0.1) is 0 Å². The number of ether oxygens (including phenoxy) is 4. The molecule has 1 saturated heterocycles. The smallest absolute Gasteiger partial charge is 0.306 e. The van der Waals surface area contributed by atoms with Crippen LogP contribution in [0.15, 0.2) is 109 Å². The van der Waals surface area contributed by atoms with E-state index in [0.717, 1.165) is 83.5 Å². The van der Waals surface area contributed by atoms with E-state index in [-0.39, 0.29) is 26.1 Å². The molecule has 0 aromatic carbocycles. The number of esters is 2. The predicted molar refractivity (Wildman–Crippen MR) is 247 cm³/mol. The SMILES string of the molecule is CC/C=C\C/C=C\C/C=C\C/C=C\C/C=C\C/C=C\CCC(=O)OC(COC(=O)CCCCCCCCC/C=C\C/C=C\C/C=C\CC)COC1OC(CO)C(O)C(O)C1O. The summed E-state index contributed by atoms with van der Waals surface area (Å²) in [7, 11) is 0. The van der Waals surface area contributed by atoms with Crippen LogP contribution < -0.4 is 0 Å². The van der Waals surface area contributed by atoms with Crippen molar-refractivity contribution in [3.8, 4) is 0 Å². The van der Waals surface area contributed by atoms with Crippen LogP contribution in [0.25, 0.3) is 0 Å². The number of rotatable bonds is 36. The van der Waals surface area contributed by atoms with Crippen molar-refractivity contribution in [2.24, 2.45) is 0 Å². The summed E-state index contributed by atoms with van der Waals surface area (Å²) >= 11 is 0. The van der Waals surface area contributed by atoms with Crippen LogP contribution in [0.1, 0.15) is 142 Å². The zero-order chi connectivity index (χ0) is 44.4. The normalized spacial score (nSPS) is 20.8. The highest BCUT2D eigenvalue weighted by Gasteiger charge is 2.44. The fourth-order valence-electron chi connectivity index (χ4n) is 6.11. The highest BCUT2D eigenvalue weighted by molar-refractivity contribution is 5.70.